The molecule has 2 rings (SSSR count). The fourth-order valence-electron chi connectivity index (χ4n) is 1.85. The molecule has 0 spiro atoms. The number of hydrogen-bond acceptors (Lipinski definition) is 7. The van der Waals surface area contributed by atoms with Crippen LogP contribution in [0.3, 0.4) is 0 Å². The van der Waals surface area contributed by atoms with E-state index in [9.17, 15) is 13.2 Å². The van der Waals surface area contributed by atoms with Gasteiger partial charge in [0.05, 0.1) is 11.4 Å². The molecular weight excluding hydrogens is 380 g/mol. The number of rotatable bonds is 7. The number of sulfonamides is 1. The van der Waals surface area contributed by atoms with Crippen LogP contribution < -0.4 is 5.32 Å². The SMILES string of the molecule is Cc1ccc(S(=O)(=O)N(C)CC(=O)Nc2nnc(SC(C)C)s2)cc1. The molecule has 0 saturated carbocycles. The smallest absolute Gasteiger partial charge is 0.243 e. The van der Waals surface area contributed by atoms with Crippen molar-refractivity contribution in [1.29, 1.82) is 0 Å². The lowest BCUT2D eigenvalue weighted by Gasteiger charge is -2.16. The number of nitrogens with one attached hydrogen (secondary N) is 1. The third kappa shape index (κ3) is 5.50. The van der Waals surface area contributed by atoms with Crippen molar-refractivity contribution >= 4 is 44.2 Å². The lowest BCUT2D eigenvalue weighted by Crippen LogP contribution is -2.34. The van der Waals surface area contributed by atoms with Gasteiger partial charge < -0.3 is 0 Å². The molecule has 2 aromatic rings. The molecule has 1 aromatic heterocycles. The Bertz CT molecular complexity index is 832. The van der Waals surface area contributed by atoms with Crippen LogP contribution in [0.2, 0.25) is 0 Å². The maximum Gasteiger partial charge on any atom is 0.243 e. The van der Waals surface area contributed by atoms with Crippen LogP contribution >= 0.6 is 23.1 Å². The quantitative estimate of drug-likeness (QED) is 0.567. The summed E-state index contributed by atoms with van der Waals surface area (Å²) in [5.74, 6) is -0.463. The van der Waals surface area contributed by atoms with Crippen molar-refractivity contribution in [2.45, 2.75) is 35.3 Å². The number of benzene rings is 1. The summed E-state index contributed by atoms with van der Waals surface area (Å²) in [6.07, 6.45) is 0. The number of aromatic nitrogens is 2. The second-order valence-corrected chi connectivity index (χ2v) is 10.5. The molecular formula is C15H20N4O3S3. The number of carbonyl (C=O) groups is 1. The number of likely N-dealkylation sites (N-methyl/N-ethyl adjacent to an activating group) is 1. The Morgan fingerprint density at radius 1 is 1.28 bits per heavy atom. The molecule has 136 valence electrons. The van der Waals surface area contributed by atoms with E-state index in [0.717, 1.165) is 14.2 Å². The Balaban J connectivity index is 1.99. The van der Waals surface area contributed by atoms with Crippen LogP contribution in [0.1, 0.15) is 19.4 Å². The van der Waals surface area contributed by atoms with Crippen molar-refractivity contribution in [2.75, 3.05) is 18.9 Å². The zero-order valence-electron chi connectivity index (χ0n) is 14.4. The van der Waals surface area contributed by atoms with Gasteiger partial charge in [-0.1, -0.05) is 54.6 Å². The number of hydrogen-bond donors (Lipinski definition) is 1. The molecule has 0 bridgehead atoms. The van der Waals surface area contributed by atoms with Crippen molar-refractivity contribution in [3.05, 3.63) is 29.8 Å². The van der Waals surface area contributed by atoms with Gasteiger partial charge in [-0.05, 0) is 19.1 Å². The fourth-order valence-corrected chi connectivity index (χ4v) is 4.96. The monoisotopic (exact) mass is 400 g/mol. The Labute approximate surface area is 155 Å². The van der Waals surface area contributed by atoms with Gasteiger partial charge in [0.1, 0.15) is 0 Å². The van der Waals surface area contributed by atoms with E-state index in [2.05, 4.69) is 15.5 Å². The lowest BCUT2D eigenvalue weighted by molar-refractivity contribution is -0.116. The Kier molecular flexibility index (Phi) is 6.55. The van der Waals surface area contributed by atoms with E-state index >= 15 is 0 Å². The van der Waals surface area contributed by atoms with Crippen LogP contribution in [0.4, 0.5) is 5.13 Å². The highest BCUT2D eigenvalue weighted by Crippen LogP contribution is 2.28. The predicted octanol–water partition coefficient (Wildman–Crippen LogP) is 2.61. The first-order chi connectivity index (χ1) is 11.7. The van der Waals surface area contributed by atoms with Crippen LogP contribution in [0.5, 0.6) is 0 Å². The van der Waals surface area contributed by atoms with Crippen molar-refractivity contribution in [3.8, 4) is 0 Å². The second-order valence-electron chi connectivity index (χ2n) is 5.66. The van der Waals surface area contributed by atoms with Gasteiger partial charge in [0.25, 0.3) is 0 Å². The molecule has 0 saturated heterocycles. The Hall–Kier alpha value is -1.49. The highest BCUT2D eigenvalue weighted by Gasteiger charge is 2.23. The van der Waals surface area contributed by atoms with Gasteiger partial charge in [0.15, 0.2) is 4.34 Å². The van der Waals surface area contributed by atoms with Gasteiger partial charge in [-0.3, -0.25) is 10.1 Å². The fraction of sp³-hybridized carbons (Fsp3) is 0.400. The zero-order valence-corrected chi connectivity index (χ0v) is 16.8. The van der Waals surface area contributed by atoms with Crippen LogP contribution in [0.15, 0.2) is 33.5 Å². The molecule has 1 N–H and O–H groups in total. The van der Waals surface area contributed by atoms with E-state index in [0.29, 0.717) is 10.4 Å². The molecule has 7 nitrogen and oxygen atoms in total. The van der Waals surface area contributed by atoms with Crippen molar-refractivity contribution < 1.29 is 13.2 Å². The Morgan fingerprint density at radius 3 is 2.52 bits per heavy atom. The van der Waals surface area contributed by atoms with Crippen LogP contribution in [0, 0.1) is 6.92 Å². The molecule has 1 amide bonds. The Morgan fingerprint density at radius 2 is 1.92 bits per heavy atom. The summed E-state index contributed by atoms with van der Waals surface area (Å²) in [5, 5.41) is 11.2. The van der Waals surface area contributed by atoms with E-state index in [1.54, 1.807) is 23.9 Å². The summed E-state index contributed by atoms with van der Waals surface area (Å²) in [5.41, 5.74) is 0.964. The van der Waals surface area contributed by atoms with Gasteiger partial charge in [-0.15, -0.1) is 10.2 Å². The third-order valence-electron chi connectivity index (χ3n) is 3.08. The third-order valence-corrected chi connectivity index (χ3v) is 6.83. The maximum absolute atomic E-state index is 12.5. The highest BCUT2D eigenvalue weighted by molar-refractivity contribution is 8.01. The van der Waals surface area contributed by atoms with Gasteiger partial charge in [-0.25, -0.2) is 8.42 Å². The number of aryl methyl sites for hydroxylation is 1. The molecule has 0 aliphatic heterocycles. The summed E-state index contributed by atoms with van der Waals surface area (Å²) in [6.45, 7) is 5.65. The van der Waals surface area contributed by atoms with Crippen molar-refractivity contribution in [2.24, 2.45) is 0 Å². The molecule has 10 heteroatoms. The summed E-state index contributed by atoms with van der Waals surface area (Å²) < 4.78 is 26.7. The first-order valence-electron chi connectivity index (χ1n) is 7.51. The van der Waals surface area contributed by atoms with Crippen molar-refractivity contribution in [3.63, 3.8) is 0 Å². The highest BCUT2D eigenvalue weighted by atomic mass is 32.2. The summed E-state index contributed by atoms with van der Waals surface area (Å²) >= 11 is 2.81. The van der Waals surface area contributed by atoms with Crippen LogP contribution in [0.25, 0.3) is 0 Å². The summed E-state index contributed by atoms with van der Waals surface area (Å²) in [4.78, 5) is 12.3. The average Bonchev–Trinajstić information content (AvgIpc) is 2.93. The van der Waals surface area contributed by atoms with Crippen LogP contribution in [-0.2, 0) is 14.8 Å². The molecule has 0 unspecified atom stereocenters. The summed E-state index contributed by atoms with van der Waals surface area (Å²) in [6, 6.07) is 6.49. The number of thioether (sulfide) groups is 1. The largest absolute Gasteiger partial charge is 0.299 e. The average molecular weight is 401 g/mol. The van der Waals surface area contributed by atoms with Crippen molar-refractivity contribution in [1.82, 2.24) is 14.5 Å². The number of nitrogens with zero attached hydrogens (tertiary/aromatic N) is 3. The molecule has 0 aliphatic rings. The normalized spacial score (nSPS) is 11.9. The number of anilines is 1. The predicted molar refractivity (Wildman–Crippen MR) is 101 cm³/mol. The van der Waals surface area contributed by atoms with Gasteiger partial charge in [0, 0.05) is 12.3 Å². The topological polar surface area (TPSA) is 92.3 Å². The van der Waals surface area contributed by atoms with Gasteiger partial charge in [-0.2, -0.15) is 4.31 Å². The molecule has 0 fully saturated rings. The minimum atomic E-state index is -3.72. The first-order valence-corrected chi connectivity index (χ1v) is 10.6. The van der Waals surface area contributed by atoms with E-state index in [1.165, 1.54) is 30.5 Å². The molecule has 0 atom stereocenters. The van der Waals surface area contributed by atoms with E-state index < -0.39 is 15.9 Å². The van der Waals surface area contributed by atoms with E-state index in [-0.39, 0.29) is 11.4 Å². The minimum Gasteiger partial charge on any atom is -0.299 e. The second kappa shape index (κ2) is 8.26. The maximum atomic E-state index is 12.5. The number of carbonyl (C=O) groups excluding carboxylic acids is 1. The minimum absolute atomic E-state index is 0.153. The zero-order chi connectivity index (χ0) is 18.6. The first kappa shape index (κ1) is 19.8. The molecule has 1 aromatic carbocycles. The molecule has 25 heavy (non-hydrogen) atoms. The van der Waals surface area contributed by atoms with E-state index in [4.69, 9.17) is 0 Å². The summed E-state index contributed by atoms with van der Waals surface area (Å²) in [7, 11) is -2.35. The van der Waals surface area contributed by atoms with Gasteiger partial charge >= 0.3 is 0 Å². The van der Waals surface area contributed by atoms with Crippen LogP contribution in [-0.4, -0.2) is 47.7 Å². The van der Waals surface area contributed by atoms with E-state index in [1.807, 2.05) is 20.8 Å². The number of amides is 1. The molecule has 0 radical (unpaired) electrons. The standard InChI is InChI=1S/C15H20N4O3S3/c1-10(2)23-15-18-17-14(24-15)16-13(20)9-19(4)25(21,22)12-7-5-11(3)6-8-12/h5-8,10H,9H2,1-4H3,(H,16,17,20). The lowest BCUT2D eigenvalue weighted by atomic mass is 10.2. The van der Waals surface area contributed by atoms with Gasteiger partial charge in [0.2, 0.25) is 21.1 Å². The molecule has 0 aliphatic carbocycles. The molecule has 1 heterocycles.